The average molecular weight is 393 g/mol. The quantitative estimate of drug-likeness (QED) is 0.656. The van der Waals surface area contributed by atoms with E-state index in [-0.39, 0.29) is 6.04 Å². The number of anilines is 1. The van der Waals surface area contributed by atoms with Gasteiger partial charge in [-0.2, -0.15) is 0 Å². The maximum atomic E-state index is 12.5. The SMILES string of the molecule is Cc1cccc(C)c1NC(=O)C(=O)NCC(c1cn(C)c2ccccc12)N(C)C. The number of hydrogen-bond donors (Lipinski definition) is 2. The zero-order valence-electron chi connectivity index (χ0n) is 17.6. The minimum Gasteiger partial charge on any atom is -0.350 e. The molecule has 2 aromatic carbocycles. The Morgan fingerprint density at radius 2 is 1.66 bits per heavy atom. The summed E-state index contributed by atoms with van der Waals surface area (Å²) in [5.74, 6) is -1.29. The van der Waals surface area contributed by atoms with E-state index in [0.717, 1.165) is 27.6 Å². The molecule has 2 amide bonds. The van der Waals surface area contributed by atoms with Gasteiger partial charge in [0.05, 0.1) is 6.04 Å². The first kappa shape index (κ1) is 20.6. The van der Waals surface area contributed by atoms with Gasteiger partial charge in [-0.05, 0) is 50.7 Å². The van der Waals surface area contributed by atoms with Gasteiger partial charge < -0.3 is 20.1 Å². The highest BCUT2D eigenvalue weighted by Gasteiger charge is 2.22. The van der Waals surface area contributed by atoms with Crippen LogP contribution < -0.4 is 10.6 Å². The van der Waals surface area contributed by atoms with Crippen LogP contribution in [0.3, 0.4) is 0 Å². The van der Waals surface area contributed by atoms with Gasteiger partial charge in [0, 0.05) is 36.4 Å². The molecular weight excluding hydrogens is 364 g/mol. The van der Waals surface area contributed by atoms with Crippen LogP contribution in [0.1, 0.15) is 22.7 Å². The summed E-state index contributed by atoms with van der Waals surface area (Å²) in [5.41, 5.74) is 4.78. The van der Waals surface area contributed by atoms with Crippen LogP contribution in [0.15, 0.2) is 48.7 Å². The molecule has 0 aliphatic heterocycles. The standard InChI is InChI=1S/C23H28N4O2/c1-15-9-8-10-16(2)21(15)25-23(29)22(28)24-13-20(26(3)4)18-14-27(5)19-12-7-6-11-17(18)19/h6-12,14,20H,13H2,1-5H3,(H,24,28)(H,25,29). The highest BCUT2D eigenvalue weighted by Crippen LogP contribution is 2.28. The molecule has 6 heteroatoms. The van der Waals surface area contributed by atoms with E-state index >= 15 is 0 Å². The van der Waals surface area contributed by atoms with Crippen molar-refractivity contribution in [3.63, 3.8) is 0 Å². The van der Waals surface area contributed by atoms with Gasteiger partial charge >= 0.3 is 11.8 Å². The third kappa shape index (κ3) is 4.32. The molecule has 3 aromatic rings. The number of fused-ring (bicyclic) bond motifs is 1. The number of aryl methyl sites for hydroxylation is 3. The van der Waals surface area contributed by atoms with Gasteiger partial charge in [-0.15, -0.1) is 0 Å². The van der Waals surface area contributed by atoms with Crippen molar-refractivity contribution in [1.29, 1.82) is 0 Å². The lowest BCUT2D eigenvalue weighted by Gasteiger charge is -2.24. The molecular formula is C23H28N4O2. The highest BCUT2D eigenvalue weighted by atomic mass is 16.2. The normalized spacial score (nSPS) is 12.2. The van der Waals surface area contributed by atoms with Crippen LogP contribution in [0.4, 0.5) is 5.69 Å². The van der Waals surface area contributed by atoms with Crippen molar-refractivity contribution in [3.8, 4) is 0 Å². The van der Waals surface area contributed by atoms with Gasteiger partial charge in [-0.25, -0.2) is 0 Å². The molecule has 152 valence electrons. The molecule has 0 aliphatic rings. The summed E-state index contributed by atoms with van der Waals surface area (Å²) in [4.78, 5) is 26.9. The Kier molecular flexibility index (Phi) is 6.03. The molecule has 0 saturated carbocycles. The number of nitrogens with one attached hydrogen (secondary N) is 2. The number of amides is 2. The zero-order valence-corrected chi connectivity index (χ0v) is 17.6. The molecule has 0 aliphatic carbocycles. The predicted molar refractivity (Wildman–Crippen MR) is 117 cm³/mol. The smallest absolute Gasteiger partial charge is 0.313 e. The largest absolute Gasteiger partial charge is 0.350 e. The number of aromatic nitrogens is 1. The lowest BCUT2D eigenvalue weighted by Crippen LogP contribution is -2.40. The van der Waals surface area contributed by atoms with E-state index in [9.17, 15) is 9.59 Å². The number of hydrogen-bond acceptors (Lipinski definition) is 3. The predicted octanol–water partition coefficient (Wildman–Crippen LogP) is 3.15. The maximum absolute atomic E-state index is 12.5. The summed E-state index contributed by atoms with van der Waals surface area (Å²) >= 11 is 0. The van der Waals surface area contributed by atoms with Crippen LogP contribution in [-0.4, -0.2) is 41.9 Å². The van der Waals surface area contributed by atoms with E-state index in [2.05, 4.69) is 33.5 Å². The van der Waals surface area contributed by atoms with Crippen molar-refractivity contribution < 1.29 is 9.59 Å². The van der Waals surface area contributed by atoms with Gasteiger partial charge in [-0.3, -0.25) is 9.59 Å². The first-order valence-corrected chi connectivity index (χ1v) is 9.65. The van der Waals surface area contributed by atoms with Crippen molar-refractivity contribution in [2.24, 2.45) is 7.05 Å². The lowest BCUT2D eigenvalue weighted by molar-refractivity contribution is -0.136. The molecule has 0 fully saturated rings. The Labute approximate surface area is 171 Å². The van der Waals surface area contributed by atoms with E-state index in [4.69, 9.17) is 0 Å². The Hall–Kier alpha value is -3.12. The van der Waals surface area contributed by atoms with Crippen molar-refractivity contribution in [2.45, 2.75) is 19.9 Å². The minimum absolute atomic E-state index is 0.0574. The van der Waals surface area contributed by atoms with Crippen molar-refractivity contribution in [2.75, 3.05) is 26.0 Å². The Bertz CT molecular complexity index is 1030. The topological polar surface area (TPSA) is 66.4 Å². The fraction of sp³-hybridized carbons (Fsp3) is 0.304. The molecule has 6 nitrogen and oxygen atoms in total. The molecule has 1 unspecified atom stereocenters. The number of para-hydroxylation sites is 2. The number of carbonyl (C=O) groups excluding carboxylic acids is 2. The second kappa shape index (κ2) is 8.49. The second-order valence-electron chi connectivity index (χ2n) is 7.62. The molecule has 0 radical (unpaired) electrons. The minimum atomic E-state index is -0.655. The van der Waals surface area contributed by atoms with Crippen LogP contribution in [0.5, 0.6) is 0 Å². The summed E-state index contributed by atoms with van der Waals surface area (Å²) in [6, 6.07) is 13.8. The lowest BCUT2D eigenvalue weighted by atomic mass is 10.0. The first-order chi connectivity index (χ1) is 13.8. The summed E-state index contributed by atoms with van der Waals surface area (Å²) in [7, 11) is 5.94. The number of carbonyl (C=O) groups is 2. The molecule has 0 bridgehead atoms. The average Bonchev–Trinajstić information content (AvgIpc) is 3.01. The number of benzene rings is 2. The summed E-state index contributed by atoms with van der Waals surface area (Å²) in [5, 5.41) is 6.67. The van der Waals surface area contributed by atoms with Crippen LogP contribution >= 0.6 is 0 Å². The van der Waals surface area contributed by atoms with Crippen LogP contribution in [-0.2, 0) is 16.6 Å². The third-order valence-corrected chi connectivity index (χ3v) is 5.29. The van der Waals surface area contributed by atoms with E-state index in [1.54, 1.807) is 0 Å². The van der Waals surface area contributed by atoms with Gasteiger partial charge in [0.25, 0.3) is 0 Å². The van der Waals surface area contributed by atoms with Gasteiger partial charge in [-0.1, -0.05) is 36.4 Å². The highest BCUT2D eigenvalue weighted by molar-refractivity contribution is 6.39. The Balaban J connectivity index is 1.73. The maximum Gasteiger partial charge on any atom is 0.313 e. The number of nitrogens with zero attached hydrogens (tertiary/aromatic N) is 2. The van der Waals surface area contributed by atoms with Crippen LogP contribution in [0.2, 0.25) is 0 Å². The van der Waals surface area contributed by atoms with Gasteiger partial charge in [0.15, 0.2) is 0 Å². The molecule has 1 aromatic heterocycles. The van der Waals surface area contributed by atoms with E-state index in [0.29, 0.717) is 12.2 Å². The number of rotatable bonds is 5. The summed E-state index contributed by atoms with van der Waals surface area (Å²) in [6.07, 6.45) is 2.08. The molecule has 1 atom stereocenters. The van der Waals surface area contributed by atoms with Crippen molar-refractivity contribution in [1.82, 2.24) is 14.8 Å². The first-order valence-electron chi connectivity index (χ1n) is 9.65. The molecule has 29 heavy (non-hydrogen) atoms. The van der Waals surface area contributed by atoms with E-state index in [1.165, 1.54) is 0 Å². The summed E-state index contributed by atoms with van der Waals surface area (Å²) < 4.78 is 2.08. The fourth-order valence-electron chi connectivity index (χ4n) is 3.66. The van der Waals surface area contributed by atoms with Crippen LogP contribution in [0.25, 0.3) is 10.9 Å². The molecule has 2 N–H and O–H groups in total. The van der Waals surface area contributed by atoms with Gasteiger partial charge in [0.1, 0.15) is 0 Å². The molecule has 0 saturated heterocycles. The van der Waals surface area contributed by atoms with Crippen LogP contribution in [0, 0.1) is 13.8 Å². The fourth-order valence-corrected chi connectivity index (χ4v) is 3.66. The monoisotopic (exact) mass is 392 g/mol. The van der Waals surface area contributed by atoms with Crippen molar-refractivity contribution in [3.05, 3.63) is 65.4 Å². The van der Waals surface area contributed by atoms with Crippen molar-refractivity contribution >= 4 is 28.4 Å². The van der Waals surface area contributed by atoms with E-state index < -0.39 is 11.8 Å². The van der Waals surface area contributed by atoms with Gasteiger partial charge in [0.2, 0.25) is 0 Å². The zero-order chi connectivity index (χ0) is 21.1. The molecule has 0 spiro atoms. The summed E-state index contributed by atoms with van der Waals surface area (Å²) in [6.45, 7) is 4.15. The Morgan fingerprint density at radius 1 is 1.00 bits per heavy atom. The molecule has 3 rings (SSSR count). The molecule has 1 heterocycles. The Morgan fingerprint density at radius 3 is 2.31 bits per heavy atom. The third-order valence-electron chi connectivity index (χ3n) is 5.29. The number of likely N-dealkylation sites (N-methyl/N-ethyl adjacent to an activating group) is 1. The van der Waals surface area contributed by atoms with E-state index in [1.807, 2.05) is 70.2 Å². The second-order valence-corrected chi connectivity index (χ2v) is 7.62.